The van der Waals surface area contributed by atoms with E-state index >= 15 is 0 Å². The van der Waals surface area contributed by atoms with E-state index in [-0.39, 0.29) is 11.7 Å². The Hall–Kier alpha value is -2.52. The lowest BCUT2D eigenvalue weighted by Crippen LogP contribution is -2.47. The summed E-state index contributed by atoms with van der Waals surface area (Å²) >= 11 is 3.24. The molecule has 2 aromatic rings. The number of aromatic hydroxyl groups is 1. The normalized spacial score (nSPS) is 15.5. The molecule has 3 rings (SSSR count). The lowest BCUT2D eigenvalue weighted by molar-refractivity contribution is -0.137. The fourth-order valence-electron chi connectivity index (χ4n) is 3.35. The van der Waals surface area contributed by atoms with Gasteiger partial charge in [-0.1, -0.05) is 18.2 Å². The maximum atomic E-state index is 12.9. The highest BCUT2D eigenvalue weighted by Gasteiger charge is 2.30. The van der Waals surface area contributed by atoms with E-state index in [1.54, 1.807) is 29.2 Å². The Bertz CT molecular complexity index is 971. The standard InChI is InChI=1S/C22H22BrF3N2O3/c1-31-19-13-15(12-18(23)21(19)30)5-6-20(29)28-9-7-27(8-10-28)14-16-3-2-4-17(11-16)22(24,25)26/h2-6,11-13,30H,7-10,14H2,1H3. The summed E-state index contributed by atoms with van der Waals surface area (Å²) in [4.78, 5) is 16.2. The van der Waals surface area contributed by atoms with Crippen molar-refractivity contribution in [2.45, 2.75) is 12.7 Å². The van der Waals surface area contributed by atoms with Crippen LogP contribution in [-0.2, 0) is 17.5 Å². The Kier molecular flexibility index (Phi) is 7.27. The molecule has 5 nitrogen and oxygen atoms in total. The van der Waals surface area contributed by atoms with Crippen molar-refractivity contribution in [1.82, 2.24) is 9.80 Å². The number of methoxy groups -OCH3 is 1. The SMILES string of the molecule is COc1cc(C=CC(=O)N2CCN(Cc3cccc(C(F)(F)F)c3)CC2)cc(Br)c1O. The van der Waals surface area contributed by atoms with Gasteiger partial charge in [0.25, 0.3) is 0 Å². The van der Waals surface area contributed by atoms with Crippen LogP contribution in [-0.4, -0.2) is 54.1 Å². The molecule has 0 spiro atoms. The molecule has 166 valence electrons. The molecular weight excluding hydrogens is 477 g/mol. The minimum absolute atomic E-state index is 0.0112. The first-order valence-corrected chi connectivity index (χ1v) is 10.4. The second-order valence-corrected chi connectivity index (χ2v) is 8.04. The summed E-state index contributed by atoms with van der Waals surface area (Å²) in [7, 11) is 1.44. The van der Waals surface area contributed by atoms with Gasteiger partial charge in [0.15, 0.2) is 11.5 Å². The van der Waals surface area contributed by atoms with Crippen LogP contribution < -0.4 is 4.74 Å². The Morgan fingerprint density at radius 3 is 2.55 bits per heavy atom. The van der Waals surface area contributed by atoms with Gasteiger partial charge in [0, 0.05) is 38.8 Å². The van der Waals surface area contributed by atoms with Crippen molar-refractivity contribution in [2.24, 2.45) is 0 Å². The van der Waals surface area contributed by atoms with Gasteiger partial charge in [0.05, 0.1) is 17.1 Å². The largest absolute Gasteiger partial charge is 0.503 e. The maximum absolute atomic E-state index is 12.9. The predicted octanol–water partition coefficient (Wildman–Crippen LogP) is 4.54. The highest BCUT2D eigenvalue weighted by atomic mass is 79.9. The van der Waals surface area contributed by atoms with Crippen molar-refractivity contribution in [2.75, 3.05) is 33.3 Å². The lowest BCUT2D eigenvalue weighted by Gasteiger charge is -2.34. The number of carbonyl (C=O) groups is 1. The first-order valence-electron chi connectivity index (χ1n) is 9.59. The number of halogens is 4. The van der Waals surface area contributed by atoms with E-state index in [9.17, 15) is 23.1 Å². The number of piperazine rings is 1. The molecule has 1 N–H and O–H groups in total. The van der Waals surface area contributed by atoms with E-state index in [1.165, 1.54) is 25.3 Å². The van der Waals surface area contributed by atoms with Gasteiger partial charge in [-0.05, 0) is 51.3 Å². The van der Waals surface area contributed by atoms with E-state index in [0.29, 0.717) is 54.1 Å². The van der Waals surface area contributed by atoms with Crippen LogP contribution in [0.5, 0.6) is 11.5 Å². The molecule has 1 aliphatic rings. The summed E-state index contributed by atoms with van der Waals surface area (Å²) in [5, 5.41) is 9.86. The van der Waals surface area contributed by atoms with Gasteiger partial charge in [-0.15, -0.1) is 0 Å². The average molecular weight is 499 g/mol. The van der Waals surface area contributed by atoms with Gasteiger partial charge in [0.2, 0.25) is 5.91 Å². The number of benzene rings is 2. The molecule has 9 heteroatoms. The molecule has 2 aromatic carbocycles. The van der Waals surface area contributed by atoms with E-state index in [1.807, 2.05) is 4.90 Å². The van der Waals surface area contributed by atoms with Crippen LogP contribution in [0.3, 0.4) is 0 Å². The Morgan fingerprint density at radius 2 is 1.90 bits per heavy atom. The molecule has 0 saturated carbocycles. The predicted molar refractivity (Wildman–Crippen MR) is 115 cm³/mol. The number of ether oxygens (including phenoxy) is 1. The van der Waals surface area contributed by atoms with E-state index in [2.05, 4.69) is 15.9 Å². The van der Waals surface area contributed by atoms with Crippen LogP contribution in [0, 0.1) is 0 Å². The minimum Gasteiger partial charge on any atom is -0.503 e. The number of phenols is 1. The van der Waals surface area contributed by atoms with Crippen LogP contribution >= 0.6 is 15.9 Å². The monoisotopic (exact) mass is 498 g/mol. The number of alkyl halides is 3. The van der Waals surface area contributed by atoms with Gasteiger partial charge < -0.3 is 14.7 Å². The van der Waals surface area contributed by atoms with Crippen molar-refractivity contribution in [3.8, 4) is 11.5 Å². The van der Waals surface area contributed by atoms with Crippen molar-refractivity contribution in [3.63, 3.8) is 0 Å². The highest BCUT2D eigenvalue weighted by molar-refractivity contribution is 9.10. The Balaban J connectivity index is 1.56. The number of hydrogen-bond donors (Lipinski definition) is 1. The molecule has 0 bridgehead atoms. The van der Waals surface area contributed by atoms with Gasteiger partial charge in [0.1, 0.15) is 0 Å². The summed E-state index contributed by atoms with van der Waals surface area (Å²) in [6.07, 6.45) is -1.25. The van der Waals surface area contributed by atoms with Crippen molar-refractivity contribution in [3.05, 3.63) is 63.6 Å². The summed E-state index contributed by atoms with van der Waals surface area (Å²) in [6, 6.07) is 8.63. The van der Waals surface area contributed by atoms with Crippen molar-refractivity contribution in [1.29, 1.82) is 0 Å². The Morgan fingerprint density at radius 1 is 1.19 bits per heavy atom. The fourth-order valence-corrected chi connectivity index (χ4v) is 3.81. The quantitative estimate of drug-likeness (QED) is 0.615. The molecule has 1 aliphatic heterocycles. The molecule has 0 aromatic heterocycles. The van der Waals surface area contributed by atoms with E-state index in [0.717, 1.165) is 6.07 Å². The van der Waals surface area contributed by atoms with Crippen LogP contribution in [0.25, 0.3) is 6.08 Å². The molecule has 1 amide bonds. The molecular formula is C22H22BrF3N2O3. The number of amides is 1. The van der Waals surface area contributed by atoms with Crippen LogP contribution in [0.15, 0.2) is 46.9 Å². The maximum Gasteiger partial charge on any atom is 0.416 e. The molecule has 1 heterocycles. The molecule has 0 radical (unpaired) electrons. The first-order chi connectivity index (χ1) is 14.7. The number of phenolic OH excluding ortho intramolecular Hbond substituents is 1. The molecule has 0 aliphatic carbocycles. The van der Waals surface area contributed by atoms with Crippen molar-refractivity contribution >= 4 is 27.9 Å². The highest BCUT2D eigenvalue weighted by Crippen LogP contribution is 2.35. The third kappa shape index (κ3) is 6.01. The minimum atomic E-state index is -4.36. The van der Waals surface area contributed by atoms with E-state index in [4.69, 9.17) is 4.74 Å². The van der Waals surface area contributed by atoms with Crippen LogP contribution in [0.4, 0.5) is 13.2 Å². The third-order valence-corrected chi connectivity index (χ3v) is 5.64. The summed E-state index contributed by atoms with van der Waals surface area (Å²) in [5.74, 6) is 0.134. The number of nitrogens with zero attached hydrogens (tertiary/aromatic N) is 2. The van der Waals surface area contributed by atoms with E-state index < -0.39 is 11.7 Å². The van der Waals surface area contributed by atoms with Gasteiger partial charge in [-0.25, -0.2) is 0 Å². The Labute approximate surface area is 186 Å². The zero-order valence-corrected chi connectivity index (χ0v) is 18.4. The number of rotatable bonds is 5. The molecule has 0 atom stereocenters. The number of hydrogen-bond acceptors (Lipinski definition) is 4. The second-order valence-electron chi connectivity index (χ2n) is 7.19. The third-order valence-electron chi connectivity index (χ3n) is 5.03. The zero-order chi connectivity index (χ0) is 22.6. The topological polar surface area (TPSA) is 53.0 Å². The van der Waals surface area contributed by atoms with Crippen LogP contribution in [0.2, 0.25) is 0 Å². The van der Waals surface area contributed by atoms with Gasteiger partial charge >= 0.3 is 6.18 Å². The molecule has 31 heavy (non-hydrogen) atoms. The fraction of sp³-hybridized carbons (Fsp3) is 0.318. The number of carbonyl (C=O) groups excluding carboxylic acids is 1. The average Bonchev–Trinajstić information content (AvgIpc) is 2.74. The molecule has 1 saturated heterocycles. The summed E-state index contributed by atoms with van der Waals surface area (Å²) in [5.41, 5.74) is 0.640. The summed E-state index contributed by atoms with van der Waals surface area (Å²) < 4.78 is 44.2. The smallest absolute Gasteiger partial charge is 0.416 e. The van der Waals surface area contributed by atoms with Crippen LogP contribution in [0.1, 0.15) is 16.7 Å². The molecule has 0 unspecified atom stereocenters. The lowest BCUT2D eigenvalue weighted by atomic mass is 10.1. The molecule has 1 fully saturated rings. The first kappa shape index (κ1) is 23.1. The van der Waals surface area contributed by atoms with Crippen molar-refractivity contribution < 1.29 is 27.8 Å². The van der Waals surface area contributed by atoms with Gasteiger partial charge in [-0.3, -0.25) is 9.69 Å². The second kappa shape index (κ2) is 9.74. The van der Waals surface area contributed by atoms with Gasteiger partial charge in [-0.2, -0.15) is 13.2 Å². The summed E-state index contributed by atoms with van der Waals surface area (Å²) in [6.45, 7) is 2.54. The zero-order valence-electron chi connectivity index (χ0n) is 16.8.